The molecule has 0 saturated carbocycles. The largest absolute Gasteiger partial charge is 0.468 e. The second-order valence-corrected chi connectivity index (χ2v) is 5.26. The zero-order valence-corrected chi connectivity index (χ0v) is 12.5. The van der Waals surface area contributed by atoms with Gasteiger partial charge in [-0.05, 0) is 37.5 Å². The topological polar surface area (TPSA) is 38.3 Å². The number of nitrogens with one attached hydrogen (secondary N) is 1. The minimum Gasteiger partial charge on any atom is -0.468 e. The lowest BCUT2D eigenvalue weighted by molar-refractivity contribution is -0.144. The van der Waals surface area contributed by atoms with Crippen LogP contribution in [0.4, 0.5) is 8.78 Å². The summed E-state index contributed by atoms with van der Waals surface area (Å²) in [6.07, 6.45) is 0. The first-order chi connectivity index (χ1) is 9.27. The zero-order valence-electron chi connectivity index (χ0n) is 12.5. The van der Waals surface area contributed by atoms with Crippen molar-refractivity contribution in [1.29, 1.82) is 0 Å². The summed E-state index contributed by atoms with van der Waals surface area (Å²) in [5.41, 5.74) is 0.453. The molecule has 2 atom stereocenters. The number of esters is 1. The van der Waals surface area contributed by atoms with E-state index in [0.29, 0.717) is 0 Å². The van der Waals surface area contributed by atoms with Crippen molar-refractivity contribution in [2.75, 3.05) is 7.11 Å². The van der Waals surface area contributed by atoms with E-state index in [9.17, 15) is 13.6 Å². The molecular formula is C15H21F2NO2. The zero-order chi connectivity index (χ0) is 15.4. The van der Waals surface area contributed by atoms with Crippen molar-refractivity contribution in [3.8, 4) is 0 Å². The lowest BCUT2D eigenvalue weighted by Gasteiger charge is -2.25. The summed E-state index contributed by atoms with van der Waals surface area (Å²) < 4.78 is 32.2. The Labute approximate surface area is 118 Å². The standard InChI is InChI=1S/C15H21F2NO2/c1-8(2)14(15(19)20-5)18-10(4)11-7-12(16)9(3)6-13(11)17/h6-8,10,14,18H,1-5H3. The number of hydrogen-bond acceptors (Lipinski definition) is 3. The van der Waals surface area contributed by atoms with E-state index in [1.54, 1.807) is 6.92 Å². The molecule has 0 heterocycles. The van der Waals surface area contributed by atoms with Gasteiger partial charge in [0.1, 0.15) is 17.7 Å². The summed E-state index contributed by atoms with van der Waals surface area (Å²) in [5, 5.41) is 2.99. The van der Waals surface area contributed by atoms with Crippen LogP contribution < -0.4 is 5.32 Å². The van der Waals surface area contributed by atoms with Crippen LogP contribution in [0.5, 0.6) is 0 Å². The Morgan fingerprint density at radius 1 is 1.20 bits per heavy atom. The third-order valence-corrected chi connectivity index (χ3v) is 3.30. The second-order valence-electron chi connectivity index (χ2n) is 5.26. The van der Waals surface area contributed by atoms with Crippen molar-refractivity contribution in [3.05, 3.63) is 34.9 Å². The molecule has 1 N–H and O–H groups in total. The fourth-order valence-electron chi connectivity index (χ4n) is 2.01. The maximum Gasteiger partial charge on any atom is 0.323 e. The molecule has 1 rings (SSSR count). The van der Waals surface area contributed by atoms with Crippen LogP contribution >= 0.6 is 0 Å². The van der Waals surface area contributed by atoms with Gasteiger partial charge in [0, 0.05) is 11.6 Å². The van der Waals surface area contributed by atoms with Gasteiger partial charge >= 0.3 is 5.97 Å². The van der Waals surface area contributed by atoms with Crippen LogP contribution in [0, 0.1) is 24.5 Å². The molecular weight excluding hydrogens is 264 g/mol. The number of rotatable bonds is 5. The lowest BCUT2D eigenvalue weighted by Crippen LogP contribution is -2.43. The van der Waals surface area contributed by atoms with Crippen molar-refractivity contribution in [2.24, 2.45) is 5.92 Å². The first-order valence-electron chi connectivity index (χ1n) is 6.57. The molecule has 20 heavy (non-hydrogen) atoms. The minimum atomic E-state index is -0.571. The van der Waals surface area contributed by atoms with Crippen LogP contribution in [-0.4, -0.2) is 19.1 Å². The van der Waals surface area contributed by atoms with E-state index >= 15 is 0 Å². The molecule has 0 aromatic heterocycles. The van der Waals surface area contributed by atoms with Crippen LogP contribution in [0.25, 0.3) is 0 Å². The van der Waals surface area contributed by atoms with Gasteiger partial charge in [0.05, 0.1) is 7.11 Å². The summed E-state index contributed by atoms with van der Waals surface area (Å²) in [5.74, 6) is -1.39. The molecule has 1 aromatic rings. The molecule has 0 aliphatic rings. The predicted molar refractivity (Wildman–Crippen MR) is 73.3 cm³/mol. The van der Waals surface area contributed by atoms with Gasteiger partial charge < -0.3 is 4.74 Å². The van der Waals surface area contributed by atoms with E-state index in [0.717, 1.165) is 12.1 Å². The highest BCUT2D eigenvalue weighted by Gasteiger charge is 2.26. The Hall–Kier alpha value is -1.49. The molecule has 0 aliphatic heterocycles. The first kappa shape index (κ1) is 16.6. The van der Waals surface area contributed by atoms with Crippen molar-refractivity contribution in [1.82, 2.24) is 5.32 Å². The molecule has 0 amide bonds. The summed E-state index contributed by atoms with van der Waals surface area (Å²) in [6.45, 7) is 6.90. The molecule has 2 unspecified atom stereocenters. The molecule has 112 valence electrons. The second kappa shape index (κ2) is 6.79. The van der Waals surface area contributed by atoms with Crippen molar-refractivity contribution in [2.45, 2.75) is 39.8 Å². The highest BCUT2D eigenvalue weighted by Crippen LogP contribution is 2.22. The molecule has 0 fully saturated rings. The SMILES string of the molecule is COC(=O)C(NC(C)c1cc(F)c(C)cc1F)C(C)C. The van der Waals surface area contributed by atoms with Crippen LogP contribution in [0.3, 0.4) is 0 Å². The number of methoxy groups -OCH3 is 1. The Kier molecular flexibility index (Phi) is 5.62. The summed E-state index contributed by atoms with van der Waals surface area (Å²) >= 11 is 0. The molecule has 0 spiro atoms. The van der Waals surface area contributed by atoms with E-state index in [1.165, 1.54) is 14.0 Å². The van der Waals surface area contributed by atoms with Crippen LogP contribution in [0.15, 0.2) is 12.1 Å². The Bertz CT molecular complexity index is 489. The molecule has 3 nitrogen and oxygen atoms in total. The number of aryl methyl sites for hydroxylation is 1. The van der Waals surface area contributed by atoms with Crippen molar-refractivity contribution < 1.29 is 18.3 Å². The molecule has 0 saturated heterocycles. The fraction of sp³-hybridized carbons (Fsp3) is 0.533. The lowest BCUT2D eigenvalue weighted by atomic mass is 10.00. The number of carbonyl (C=O) groups is 1. The average molecular weight is 285 g/mol. The third-order valence-electron chi connectivity index (χ3n) is 3.30. The number of hydrogen-bond donors (Lipinski definition) is 1. The van der Waals surface area contributed by atoms with Gasteiger partial charge in [-0.1, -0.05) is 13.8 Å². The number of carbonyl (C=O) groups excluding carboxylic acids is 1. The highest BCUT2D eigenvalue weighted by molar-refractivity contribution is 5.76. The Morgan fingerprint density at radius 2 is 1.80 bits per heavy atom. The molecule has 1 aromatic carbocycles. The monoisotopic (exact) mass is 285 g/mol. The summed E-state index contributed by atoms with van der Waals surface area (Å²) in [7, 11) is 1.30. The number of benzene rings is 1. The van der Waals surface area contributed by atoms with Crippen LogP contribution in [-0.2, 0) is 9.53 Å². The van der Waals surface area contributed by atoms with Gasteiger partial charge in [0.15, 0.2) is 0 Å². The average Bonchev–Trinajstić information content (AvgIpc) is 2.38. The van der Waals surface area contributed by atoms with E-state index in [4.69, 9.17) is 4.74 Å². The Balaban J connectivity index is 2.97. The summed E-state index contributed by atoms with van der Waals surface area (Å²) in [4.78, 5) is 11.7. The summed E-state index contributed by atoms with van der Waals surface area (Å²) in [6, 6.07) is 1.25. The Morgan fingerprint density at radius 3 is 2.30 bits per heavy atom. The maximum atomic E-state index is 13.9. The van der Waals surface area contributed by atoms with E-state index in [2.05, 4.69) is 5.32 Å². The number of ether oxygens (including phenoxy) is 1. The van der Waals surface area contributed by atoms with E-state index in [-0.39, 0.29) is 17.0 Å². The van der Waals surface area contributed by atoms with Gasteiger partial charge in [-0.3, -0.25) is 10.1 Å². The smallest absolute Gasteiger partial charge is 0.323 e. The van der Waals surface area contributed by atoms with E-state index in [1.807, 2.05) is 13.8 Å². The van der Waals surface area contributed by atoms with Crippen LogP contribution in [0.2, 0.25) is 0 Å². The fourth-order valence-corrected chi connectivity index (χ4v) is 2.01. The quantitative estimate of drug-likeness (QED) is 0.845. The van der Waals surface area contributed by atoms with Gasteiger partial charge in [-0.25, -0.2) is 8.78 Å². The molecule has 5 heteroatoms. The van der Waals surface area contributed by atoms with Gasteiger partial charge in [-0.2, -0.15) is 0 Å². The van der Waals surface area contributed by atoms with Crippen molar-refractivity contribution in [3.63, 3.8) is 0 Å². The molecule has 0 bridgehead atoms. The predicted octanol–water partition coefficient (Wildman–Crippen LogP) is 3.12. The molecule has 0 radical (unpaired) electrons. The maximum absolute atomic E-state index is 13.9. The van der Waals surface area contributed by atoms with Crippen molar-refractivity contribution >= 4 is 5.97 Å². The normalized spacial score (nSPS) is 14.2. The van der Waals surface area contributed by atoms with E-state index < -0.39 is 29.7 Å². The van der Waals surface area contributed by atoms with Crippen LogP contribution in [0.1, 0.15) is 37.9 Å². The van der Waals surface area contributed by atoms with Gasteiger partial charge in [0.25, 0.3) is 0 Å². The number of halogens is 2. The minimum absolute atomic E-state index is 0.0248. The third kappa shape index (κ3) is 3.76. The highest BCUT2D eigenvalue weighted by atomic mass is 19.1. The van der Waals surface area contributed by atoms with Gasteiger partial charge in [-0.15, -0.1) is 0 Å². The first-order valence-corrected chi connectivity index (χ1v) is 6.57. The molecule has 0 aliphatic carbocycles. The van der Waals surface area contributed by atoms with Gasteiger partial charge in [0.2, 0.25) is 0 Å².